The molecule has 104 valence electrons. The van der Waals surface area contributed by atoms with Gasteiger partial charge in [0.2, 0.25) is 11.8 Å². The lowest BCUT2D eigenvalue weighted by Gasteiger charge is -2.11. The van der Waals surface area contributed by atoms with Gasteiger partial charge in [0.1, 0.15) is 5.76 Å². The van der Waals surface area contributed by atoms with Gasteiger partial charge in [-0.1, -0.05) is 13.8 Å². The fourth-order valence-electron chi connectivity index (χ4n) is 1.92. The van der Waals surface area contributed by atoms with Crippen LogP contribution in [-0.4, -0.2) is 16.7 Å². The van der Waals surface area contributed by atoms with Crippen molar-refractivity contribution >= 4 is 0 Å². The second-order valence-electron chi connectivity index (χ2n) is 4.53. The van der Waals surface area contributed by atoms with Crippen LogP contribution in [0.2, 0.25) is 0 Å². The van der Waals surface area contributed by atoms with Crippen molar-refractivity contribution in [1.29, 1.82) is 0 Å². The summed E-state index contributed by atoms with van der Waals surface area (Å²) in [5, 5.41) is 11.6. The van der Waals surface area contributed by atoms with Gasteiger partial charge >= 0.3 is 0 Å². The van der Waals surface area contributed by atoms with Crippen LogP contribution in [0.25, 0.3) is 0 Å². The Labute approximate surface area is 113 Å². The second kappa shape index (κ2) is 7.09. The van der Waals surface area contributed by atoms with Gasteiger partial charge in [0, 0.05) is 12.8 Å². The van der Waals surface area contributed by atoms with Crippen molar-refractivity contribution in [1.82, 2.24) is 15.5 Å². The number of hydrogen-bond acceptors (Lipinski definition) is 5. The molecule has 0 fully saturated rings. The minimum absolute atomic E-state index is 0.157. The highest BCUT2D eigenvalue weighted by Crippen LogP contribution is 2.16. The van der Waals surface area contributed by atoms with Crippen LogP contribution in [0.3, 0.4) is 0 Å². The van der Waals surface area contributed by atoms with Crippen LogP contribution in [0.5, 0.6) is 0 Å². The van der Waals surface area contributed by atoms with E-state index in [-0.39, 0.29) is 6.04 Å². The Morgan fingerprint density at radius 3 is 2.84 bits per heavy atom. The van der Waals surface area contributed by atoms with E-state index in [1.807, 2.05) is 12.1 Å². The number of aromatic nitrogens is 2. The first-order chi connectivity index (χ1) is 9.33. The largest absolute Gasteiger partial charge is 0.469 e. The highest BCUT2D eigenvalue weighted by molar-refractivity contribution is 5.00. The standard InChI is InChI=1S/C14H21N3O2/c1-3-9-15-12(4-2)14-17-16-13(19-14)8-7-11-6-5-10-18-11/h5-6,10,12,15H,3-4,7-9H2,1-2H3. The van der Waals surface area contributed by atoms with Crippen molar-refractivity contribution in [3.63, 3.8) is 0 Å². The van der Waals surface area contributed by atoms with E-state index in [0.717, 1.165) is 31.6 Å². The molecule has 19 heavy (non-hydrogen) atoms. The van der Waals surface area contributed by atoms with Crippen LogP contribution in [0, 0.1) is 0 Å². The molecule has 0 radical (unpaired) electrons. The van der Waals surface area contributed by atoms with Crippen molar-refractivity contribution in [3.8, 4) is 0 Å². The molecule has 0 saturated carbocycles. The van der Waals surface area contributed by atoms with E-state index in [1.165, 1.54) is 0 Å². The zero-order valence-electron chi connectivity index (χ0n) is 11.6. The third-order valence-corrected chi connectivity index (χ3v) is 2.99. The molecular formula is C14H21N3O2. The van der Waals surface area contributed by atoms with Gasteiger partial charge in [-0.25, -0.2) is 0 Å². The molecule has 0 aromatic carbocycles. The first-order valence-electron chi connectivity index (χ1n) is 6.91. The minimum atomic E-state index is 0.157. The predicted octanol–water partition coefficient (Wildman–Crippen LogP) is 2.90. The third-order valence-electron chi connectivity index (χ3n) is 2.99. The molecule has 2 heterocycles. The van der Waals surface area contributed by atoms with E-state index in [1.54, 1.807) is 6.26 Å². The van der Waals surface area contributed by atoms with Gasteiger partial charge in [-0.05, 0) is 31.5 Å². The van der Waals surface area contributed by atoms with Gasteiger partial charge in [-0.3, -0.25) is 0 Å². The van der Waals surface area contributed by atoms with Gasteiger partial charge in [-0.15, -0.1) is 10.2 Å². The fraction of sp³-hybridized carbons (Fsp3) is 0.571. The van der Waals surface area contributed by atoms with Crippen molar-refractivity contribution in [2.24, 2.45) is 0 Å². The average Bonchev–Trinajstić information content (AvgIpc) is 3.09. The molecule has 0 aliphatic carbocycles. The summed E-state index contributed by atoms with van der Waals surface area (Å²) in [5.41, 5.74) is 0. The summed E-state index contributed by atoms with van der Waals surface area (Å²) in [6.45, 7) is 5.21. The van der Waals surface area contributed by atoms with E-state index in [9.17, 15) is 0 Å². The molecule has 1 N–H and O–H groups in total. The van der Waals surface area contributed by atoms with E-state index < -0.39 is 0 Å². The first kappa shape index (κ1) is 13.8. The van der Waals surface area contributed by atoms with Crippen molar-refractivity contribution < 1.29 is 8.83 Å². The van der Waals surface area contributed by atoms with E-state index in [2.05, 4.69) is 29.4 Å². The number of nitrogens with one attached hydrogen (secondary N) is 1. The second-order valence-corrected chi connectivity index (χ2v) is 4.53. The Kier molecular flexibility index (Phi) is 5.15. The SMILES string of the molecule is CCCNC(CC)c1nnc(CCc2ccco2)o1. The molecule has 0 aliphatic rings. The summed E-state index contributed by atoms with van der Waals surface area (Å²) < 4.78 is 11.0. The molecule has 2 aromatic rings. The number of furan rings is 1. The summed E-state index contributed by atoms with van der Waals surface area (Å²) >= 11 is 0. The van der Waals surface area contributed by atoms with Gasteiger partial charge in [0.05, 0.1) is 12.3 Å². The lowest BCUT2D eigenvalue weighted by molar-refractivity contribution is 0.370. The molecule has 0 bridgehead atoms. The zero-order chi connectivity index (χ0) is 13.5. The van der Waals surface area contributed by atoms with Crippen molar-refractivity contribution in [2.45, 2.75) is 45.6 Å². The smallest absolute Gasteiger partial charge is 0.233 e. The van der Waals surface area contributed by atoms with Crippen LogP contribution >= 0.6 is 0 Å². The molecule has 0 spiro atoms. The fourth-order valence-corrected chi connectivity index (χ4v) is 1.92. The predicted molar refractivity (Wildman–Crippen MR) is 71.7 cm³/mol. The highest BCUT2D eigenvalue weighted by Gasteiger charge is 2.16. The normalized spacial score (nSPS) is 12.7. The van der Waals surface area contributed by atoms with Crippen molar-refractivity contribution in [3.05, 3.63) is 35.9 Å². The van der Waals surface area contributed by atoms with Crippen molar-refractivity contribution in [2.75, 3.05) is 6.54 Å². The Hall–Kier alpha value is -1.62. The van der Waals surface area contributed by atoms with Gasteiger partial charge in [0.25, 0.3) is 0 Å². The minimum Gasteiger partial charge on any atom is -0.469 e. The summed E-state index contributed by atoms with van der Waals surface area (Å²) in [6.07, 6.45) is 5.21. The van der Waals surface area contributed by atoms with E-state index >= 15 is 0 Å². The van der Waals surface area contributed by atoms with Crippen LogP contribution < -0.4 is 5.32 Å². The lowest BCUT2D eigenvalue weighted by atomic mass is 10.2. The Morgan fingerprint density at radius 2 is 2.16 bits per heavy atom. The molecule has 1 unspecified atom stereocenters. The summed E-state index contributed by atoms with van der Waals surface area (Å²) in [4.78, 5) is 0. The highest BCUT2D eigenvalue weighted by atomic mass is 16.4. The van der Waals surface area contributed by atoms with Gasteiger partial charge in [0.15, 0.2) is 0 Å². The number of hydrogen-bond donors (Lipinski definition) is 1. The Morgan fingerprint density at radius 1 is 1.26 bits per heavy atom. The molecule has 5 nitrogen and oxygen atoms in total. The van der Waals surface area contributed by atoms with E-state index in [4.69, 9.17) is 8.83 Å². The molecular weight excluding hydrogens is 242 g/mol. The summed E-state index contributed by atoms with van der Waals surface area (Å²) in [5.74, 6) is 2.30. The summed E-state index contributed by atoms with van der Waals surface area (Å²) in [7, 11) is 0. The van der Waals surface area contributed by atoms with Crippen LogP contribution in [-0.2, 0) is 12.8 Å². The lowest BCUT2D eigenvalue weighted by Crippen LogP contribution is -2.21. The third kappa shape index (κ3) is 3.92. The van der Waals surface area contributed by atoms with Crippen LogP contribution in [0.1, 0.15) is 50.3 Å². The molecule has 2 rings (SSSR count). The Balaban J connectivity index is 1.90. The molecule has 0 aliphatic heterocycles. The van der Waals surface area contributed by atoms with Gasteiger partial charge in [-0.2, -0.15) is 0 Å². The zero-order valence-corrected chi connectivity index (χ0v) is 11.6. The quantitative estimate of drug-likeness (QED) is 0.793. The van der Waals surface area contributed by atoms with Crippen LogP contribution in [0.15, 0.2) is 27.2 Å². The maximum Gasteiger partial charge on any atom is 0.233 e. The average molecular weight is 263 g/mol. The monoisotopic (exact) mass is 263 g/mol. The maximum absolute atomic E-state index is 5.71. The molecule has 2 aromatic heterocycles. The number of rotatable bonds is 8. The van der Waals surface area contributed by atoms with Gasteiger partial charge < -0.3 is 14.2 Å². The Bertz CT molecular complexity index is 465. The molecule has 0 amide bonds. The topological polar surface area (TPSA) is 64.1 Å². The maximum atomic E-state index is 5.71. The van der Waals surface area contributed by atoms with E-state index in [0.29, 0.717) is 18.2 Å². The molecule has 5 heteroatoms. The number of nitrogens with zero attached hydrogens (tertiary/aromatic N) is 2. The van der Waals surface area contributed by atoms with Crippen LogP contribution in [0.4, 0.5) is 0 Å². The first-order valence-corrected chi connectivity index (χ1v) is 6.91. The molecule has 0 saturated heterocycles. The molecule has 1 atom stereocenters. The number of aryl methyl sites for hydroxylation is 2. The summed E-state index contributed by atoms with van der Waals surface area (Å²) in [6, 6.07) is 4.00.